The van der Waals surface area contributed by atoms with Crippen molar-refractivity contribution in [3.05, 3.63) is 24.0 Å². The van der Waals surface area contributed by atoms with E-state index in [1.54, 1.807) is 18.5 Å². The summed E-state index contributed by atoms with van der Waals surface area (Å²) in [6.07, 6.45) is 7.05. The quantitative estimate of drug-likeness (QED) is 0.793. The molecule has 1 aliphatic rings. The highest BCUT2D eigenvalue weighted by molar-refractivity contribution is 5.94. The van der Waals surface area contributed by atoms with Crippen LogP contribution in [0.15, 0.2) is 18.5 Å². The van der Waals surface area contributed by atoms with Gasteiger partial charge in [0.05, 0.1) is 11.6 Å². The third kappa shape index (κ3) is 2.43. The van der Waals surface area contributed by atoms with E-state index in [0.717, 1.165) is 25.7 Å². The Morgan fingerprint density at radius 2 is 2.19 bits per heavy atom. The molecule has 1 saturated carbocycles. The first kappa shape index (κ1) is 10.7. The number of H-pyrrole nitrogens is 1. The van der Waals surface area contributed by atoms with Crippen LogP contribution < -0.4 is 5.32 Å². The van der Waals surface area contributed by atoms with Gasteiger partial charge in [0.25, 0.3) is 5.91 Å². The summed E-state index contributed by atoms with van der Waals surface area (Å²) in [6.45, 7) is 0. The first-order valence-electron chi connectivity index (χ1n) is 5.63. The van der Waals surface area contributed by atoms with Crippen LogP contribution in [-0.2, 0) is 0 Å². The van der Waals surface area contributed by atoms with E-state index in [9.17, 15) is 4.79 Å². The molecule has 0 atom stereocenters. The topological polar surface area (TPSA) is 68.7 Å². The van der Waals surface area contributed by atoms with Crippen LogP contribution in [-0.4, -0.2) is 16.9 Å². The fourth-order valence-corrected chi connectivity index (χ4v) is 2.10. The number of nitriles is 1. The normalized spacial score (nSPS) is 24.7. The van der Waals surface area contributed by atoms with Gasteiger partial charge in [-0.05, 0) is 31.7 Å². The molecule has 0 aliphatic heterocycles. The van der Waals surface area contributed by atoms with Crippen LogP contribution in [0.1, 0.15) is 36.0 Å². The molecule has 84 valence electrons. The van der Waals surface area contributed by atoms with Gasteiger partial charge in [-0.2, -0.15) is 5.26 Å². The monoisotopic (exact) mass is 217 g/mol. The van der Waals surface area contributed by atoms with Crippen LogP contribution in [0.25, 0.3) is 0 Å². The summed E-state index contributed by atoms with van der Waals surface area (Å²) >= 11 is 0. The first-order chi connectivity index (χ1) is 7.79. The van der Waals surface area contributed by atoms with Gasteiger partial charge in [-0.25, -0.2) is 0 Å². The number of nitrogens with zero attached hydrogens (tertiary/aromatic N) is 1. The Morgan fingerprint density at radius 1 is 1.44 bits per heavy atom. The second-order valence-electron chi connectivity index (χ2n) is 4.25. The SMILES string of the molecule is N#CC1CCC(NC(=O)c2cc[nH]c2)CC1. The number of rotatable bonds is 2. The van der Waals surface area contributed by atoms with Crippen LogP contribution in [0, 0.1) is 17.2 Å². The van der Waals surface area contributed by atoms with Crippen molar-refractivity contribution < 1.29 is 4.79 Å². The molecule has 0 radical (unpaired) electrons. The van der Waals surface area contributed by atoms with E-state index >= 15 is 0 Å². The van der Waals surface area contributed by atoms with Crippen LogP contribution in [0.5, 0.6) is 0 Å². The van der Waals surface area contributed by atoms with Crippen LogP contribution in [0.2, 0.25) is 0 Å². The zero-order valence-corrected chi connectivity index (χ0v) is 9.07. The average Bonchev–Trinajstić information content (AvgIpc) is 2.83. The number of nitrogens with one attached hydrogen (secondary N) is 2. The minimum absolute atomic E-state index is 0.0262. The summed E-state index contributed by atoms with van der Waals surface area (Å²) in [5.41, 5.74) is 0.669. The molecule has 1 aromatic heterocycles. The fourth-order valence-electron chi connectivity index (χ4n) is 2.10. The Bertz CT molecular complexity index is 383. The second kappa shape index (κ2) is 4.84. The van der Waals surface area contributed by atoms with Crippen LogP contribution in [0.4, 0.5) is 0 Å². The lowest BCUT2D eigenvalue weighted by Gasteiger charge is -2.25. The van der Waals surface area contributed by atoms with E-state index in [1.165, 1.54) is 0 Å². The number of amides is 1. The van der Waals surface area contributed by atoms with Crippen molar-refractivity contribution in [1.82, 2.24) is 10.3 Å². The van der Waals surface area contributed by atoms with Gasteiger partial charge in [-0.15, -0.1) is 0 Å². The molecule has 2 rings (SSSR count). The van der Waals surface area contributed by atoms with Crippen LogP contribution >= 0.6 is 0 Å². The van der Waals surface area contributed by atoms with Crippen molar-refractivity contribution in [2.75, 3.05) is 0 Å². The number of aromatic amines is 1. The van der Waals surface area contributed by atoms with E-state index in [2.05, 4.69) is 16.4 Å². The second-order valence-corrected chi connectivity index (χ2v) is 4.25. The van der Waals surface area contributed by atoms with Gasteiger partial charge >= 0.3 is 0 Å². The van der Waals surface area contributed by atoms with Crippen LogP contribution in [0.3, 0.4) is 0 Å². The predicted molar refractivity (Wildman–Crippen MR) is 59.6 cm³/mol. The first-order valence-corrected chi connectivity index (χ1v) is 5.63. The van der Waals surface area contributed by atoms with Gasteiger partial charge in [0.2, 0.25) is 0 Å². The third-order valence-electron chi connectivity index (χ3n) is 3.11. The third-order valence-corrected chi connectivity index (χ3v) is 3.11. The van der Waals surface area contributed by atoms with Crippen molar-refractivity contribution in [2.24, 2.45) is 5.92 Å². The lowest BCUT2D eigenvalue weighted by atomic mass is 9.87. The molecule has 0 aromatic carbocycles. The van der Waals surface area contributed by atoms with Crippen molar-refractivity contribution >= 4 is 5.91 Å². The minimum atomic E-state index is -0.0262. The number of hydrogen-bond acceptors (Lipinski definition) is 2. The number of carbonyl (C=O) groups is 1. The van der Waals surface area contributed by atoms with E-state index < -0.39 is 0 Å². The van der Waals surface area contributed by atoms with Crippen molar-refractivity contribution in [3.63, 3.8) is 0 Å². The maximum absolute atomic E-state index is 11.7. The van der Waals surface area contributed by atoms with Gasteiger partial charge in [-0.3, -0.25) is 4.79 Å². The highest BCUT2D eigenvalue weighted by Crippen LogP contribution is 2.23. The summed E-state index contributed by atoms with van der Waals surface area (Å²) in [7, 11) is 0. The molecule has 1 aliphatic carbocycles. The fraction of sp³-hybridized carbons (Fsp3) is 0.500. The van der Waals surface area contributed by atoms with Gasteiger partial charge in [0.1, 0.15) is 0 Å². The van der Waals surface area contributed by atoms with E-state index in [0.29, 0.717) is 5.56 Å². The molecule has 0 bridgehead atoms. The lowest BCUT2D eigenvalue weighted by Crippen LogP contribution is -2.37. The largest absolute Gasteiger partial charge is 0.367 e. The van der Waals surface area contributed by atoms with Gasteiger partial charge in [0, 0.05) is 24.4 Å². The summed E-state index contributed by atoms with van der Waals surface area (Å²) in [5, 5.41) is 11.8. The molecule has 1 heterocycles. The van der Waals surface area contributed by atoms with Gasteiger partial charge < -0.3 is 10.3 Å². The smallest absolute Gasteiger partial charge is 0.253 e. The van der Waals surface area contributed by atoms with E-state index in [4.69, 9.17) is 5.26 Å². The molecule has 1 amide bonds. The Balaban J connectivity index is 1.84. The van der Waals surface area contributed by atoms with Crippen molar-refractivity contribution in [1.29, 1.82) is 5.26 Å². The van der Waals surface area contributed by atoms with Gasteiger partial charge in [0.15, 0.2) is 0 Å². The highest BCUT2D eigenvalue weighted by atomic mass is 16.1. The summed E-state index contributed by atoms with van der Waals surface area (Å²) in [5.74, 6) is 0.155. The Labute approximate surface area is 94.7 Å². The molecular weight excluding hydrogens is 202 g/mol. The molecule has 2 N–H and O–H groups in total. The Kier molecular flexibility index (Phi) is 3.25. The van der Waals surface area contributed by atoms with E-state index in [1.807, 2.05) is 0 Å². The summed E-state index contributed by atoms with van der Waals surface area (Å²) < 4.78 is 0. The molecule has 1 fully saturated rings. The molecule has 16 heavy (non-hydrogen) atoms. The zero-order chi connectivity index (χ0) is 11.4. The number of aromatic nitrogens is 1. The average molecular weight is 217 g/mol. The minimum Gasteiger partial charge on any atom is -0.367 e. The molecule has 0 unspecified atom stereocenters. The maximum atomic E-state index is 11.7. The van der Waals surface area contributed by atoms with Gasteiger partial charge in [-0.1, -0.05) is 0 Å². The predicted octanol–water partition coefficient (Wildman–Crippen LogP) is 1.83. The molecule has 1 aromatic rings. The maximum Gasteiger partial charge on any atom is 0.253 e. The standard InChI is InChI=1S/C12H15N3O/c13-7-9-1-3-11(4-2-9)15-12(16)10-5-6-14-8-10/h5-6,8-9,11,14H,1-4H2,(H,15,16). The molecule has 0 saturated heterocycles. The molecule has 4 heteroatoms. The summed E-state index contributed by atoms with van der Waals surface area (Å²) in [4.78, 5) is 14.6. The van der Waals surface area contributed by atoms with Crippen molar-refractivity contribution in [3.8, 4) is 6.07 Å². The van der Waals surface area contributed by atoms with Crippen molar-refractivity contribution in [2.45, 2.75) is 31.7 Å². The molecule has 4 nitrogen and oxygen atoms in total. The molecular formula is C12H15N3O. The summed E-state index contributed by atoms with van der Waals surface area (Å²) in [6, 6.07) is 4.28. The zero-order valence-electron chi connectivity index (χ0n) is 9.07. The van der Waals surface area contributed by atoms with E-state index in [-0.39, 0.29) is 17.9 Å². The lowest BCUT2D eigenvalue weighted by molar-refractivity contribution is 0.0925. The molecule has 0 spiro atoms. The highest BCUT2D eigenvalue weighted by Gasteiger charge is 2.22. The number of hydrogen-bond donors (Lipinski definition) is 2. The Morgan fingerprint density at radius 3 is 2.75 bits per heavy atom. The Hall–Kier alpha value is -1.76. The number of carbonyl (C=O) groups excluding carboxylic acids is 1.